The summed E-state index contributed by atoms with van der Waals surface area (Å²) < 4.78 is 26.8. The minimum absolute atomic E-state index is 0. The van der Waals surface area contributed by atoms with Crippen LogP contribution in [0.15, 0.2) is 17.0 Å². The Morgan fingerprint density at radius 1 is 1.43 bits per heavy atom. The van der Waals surface area contributed by atoms with Crippen molar-refractivity contribution in [2.75, 3.05) is 6.54 Å². The van der Waals surface area contributed by atoms with E-state index in [1.165, 1.54) is 13.0 Å². The number of nitro benzene ring substituents is 1. The Labute approximate surface area is 134 Å². The maximum atomic E-state index is 12.2. The zero-order chi connectivity index (χ0) is 15.7. The second-order valence-corrected chi connectivity index (χ2v) is 7.09. The number of hydrogen-bond donors (Lipinski definition) is 2. The molecule has 0 heterocycles. The lowest BCUT2D eigenvalue weighted by Gasteiger charge is -2.23. The van der Waals surface area contributed by atoms with E-state index >= 15 is 0 Å². The van der Waals surface area contributed by atoms with Crippen molar-refractivity contribution >= 4 is 39.7 Å². The zero-order valence-electron chi connectivity index (χ0n) is 11.7. The van der Waals surface area contributed by atoms with Crippen LogP contribution < -0.4 is 10.5 Å². The molecule has 1 aromatic rings. The van der Waals surface area contributed by atoms with Gasteiger partial charge in [0.1, 0.15) is 0 Å². The Morgan fingerprint density at radius 3 is 2.38 bits per heavy atom. The number of nitro groups is 1. The van der Waals surface area contributed by atoms with Gasteiger partial charge in [-0.1, -0.05) is 11.6 Å². The Morgan fingerprint density at radius 2 is 1.95 bits per heavy atom. The molecule has 0 unspecified atom stereocenters. The molecule has 7 nitrogen and oxygen atoms in total. The summed E-state index contributed by atoms with van der Waals surface area (Å²) in [6.07, 6.45) is 0. The highest BCUT2D eigenvalue weighted by atomic mass is 35.5. The van der Waals surface area contributed by atoms with Crippen molar-refractivity contribution < 1.29 is 13.3 Å². The predicted octanol–water partition coefficient (Wildman–Crippen LogP) is 1.99. The number of benzene rings is 1. The molecule has 0 saturated carbocycles. The summed E-state index contributed by atoms with van der Waals surface area (Å²) in [5, 5.41) is 10.9. The van der Waals surface area contributed by atoms with Gasteiger partial charge in [0.15, 0.2) is 0 Å². The Kier molecular flexibility index (Phi) is 6.58. The van der Waals surface area contributed by atoms with Crippen molar-refractivity contribution in [3.63, 3.8) is 0 Å². The van der Waals surface area contributed by atoms with Gasteiger partial charge in [0.2, 0.25) is 10.0 Å². The fourth-order valence-electron chi connectivity index (χ4n) is 1.45. The lowest BCUT2D eigenvalue weighted by Crippen LogP contribution is -2.48. The van der Waals surface area contributed by atoms with Gasteiger partial charge < -0.3 is 5.73 Å². The van der Waals surface area contributed by atoms with Gasteiger partial charge in [0, 0.05) is 23.7 Å². The van der Waals surface area contributed by atoms with Crippen LogP contribution in [-0.4, -0.2) is 25.4 Å². The third-order valence-corrected chi connectivity index (χ3v) is 4.79. The molecule has 0 saturated heterocycles. The third kappa shape index (κ3) is 4.79. The molecule has 120 valence electrons. The minimum atomic E-state index is -3.94. The molecular weight excluding hydrogens is 341 g/mol. The molecule has 1 rings (SSSR count). The van der Waals surface area contributed by atoms with Crippen LogP contribution in [-0.2, 0) is 10.0 Å². The fraction of sp³-hybridized carbons (Fsp3) is 0.455. The van der Waals surface area contributed by atoms with Crippen LogP contribution in [0.2, 0.25) is 5.02 Å². The highest BCUT2D eigenvalue weighted by Gasteiger charge is 2.27. The lowest BCUT2D eigenvalue weighted by molar-refractivity contribution is -0.385. The largest absolute Gasteiger partial charge is 0.329 e. The van der Waals surface area contributed by atoms with Crippen molar-refractivity contribution in [1.82, 2.24) is 4.72 Å². The van der Waals surface area contributed by atoms with Gasteiger partial charge in [0.25, 0.3) is 5.69 Å². The normalized spacial score (nSPS) is 11.9. The van der Waals surface area contributed by atoms with Crippen molar-refractivity contribution in [3.8, 4) is 0 Å². The Bertz CT molecular complexity index is 647. The second-order valence-electron chi connectivity index (χ2n) is 5.00. The van der Waals surface area contributed by atoms with E-state index in [1.54, 1.807) is 13.8 Å². The fourth-order valence-corrected chi connectivity index (χ4v) is 3.20. The molecule has 0 spiro atoms. The summed E-state index contributed by atoms with van der Waals surface area (Å²) in [7, 11) is -3.94. The number of nitrogens with zero attached hydrogens (tertiary/aromatic N) is 1. The molecule has 0 bridgehead atoms. The van der Waals surface area contributed by atoms with Crippen LogP contribution >= 0.6 is 24.0 Å². The molecule has 10 heteroatoms. The molecule has 21 heavy (non-hydrogen) atoms. The van der Waals surface area contributed by atoms with Crippen LogP contribution in [0, 0.1) is 17.0 Å². The molecule has 1 aromatic carbocycles. The molecule has 0 aliphatic carbocycles. The SMILES string of the molecule is Cc1c(Cl)cc(S(=O)(=O)NC(C)(C)CN)cc1[N+](=O)[O-].Cl. The van der Waals surface area contributed by atoms with E-state index in [1.807, 2.05) is 0 Å². The van der Waals surface area contributed by atoms with E-state index in [2.05, 4.69) is 4.72 Å². The van der Waals surface area contributed by atoms with Crippen molar-refractivity contribution in [2.24, 2.45) is 5.73 Å². The van der Waals surface area contributed by atoms with Crippen LogP contribution in [0.3, 0.4) is 0 Å². The molecule has 0 aromatic heterocycles. The summed E-state index contributed by atoms with van der Waals surface area (Å²) in [6.45, 7) is 4.74. The Hall–Kier alpha value is -0.930. The number of halogens is 2. The third-order valence-electron chi connectivity index (χ3n) is 2.72. The average molecular weight is 358 g/mol. The molecular formula is C11H17Cl2N3O4S. The molecule has 0 radical (unpaired) electrons. The zero-order valence-corrected chi connectivity index (χ0v) is 14.1. The summed E-state index contributed by atoms with van der Waals surface area (Å²) in [5.74, 6) is 0. The van der Waals surface area contributed by atoms with Gasteiger partial charge in [-0.2, -0.15) is 0 Å². The standard InChI is InChI=1S/C11H16ClN3O4S.ClH/c1-7-9(12)4-8(5-10(7)15(16)17)20(18,19)14-11(2,3)6-13;/h4-5,14H,6,13H2,1-3H3;1H. The molecule has 0 atom stereocenters. The van der Waals surface area contributed by atoms with Gasteiger partial charge in [-0.25, -0.2) is 13.1 Å². The monoisotopic (exact) mass is 357 g/mol. The summed E-state index contributed by atoms with van der Waals surface area (Å²) in [6, 6.07) is 2.16. The van der Waals surface area contributed by atoms with Gasteiger partial charge in [0.05, 0.1) is 14.8 Å². The maximum absolute atomic E-state index is 12.2. The van der Waals surface area contributed by atoms with E-state index < -0.39 is 20.5 Å². The number of nitrogens with one attached hydrogen (secondary N) is 1. The predicted molar refractivity (Wildman–Crippen MR) is 83.5 cm³/mol. The summed E-state index contributed by atoms with van der Waals surface area (Å²) >= 11 is 5.85. The van der Waals surface area contributed by atoms with Crippen molar-refractivity contribution in [3.05, 3.63) is 32.8 Å². The van der Waals surface area contributed by atoms with Crippen LogP contribution in [0.5, 0.6) is 0 Å². The number of rotatable bonds is 5. The molecule has 0 amide bonds. The number of hydrogen-bond acceptors (Lipinski definition) is 5. The highest BCUT2D eigenvalue weighted by molar-refractivity contribution is 7.89. The van der Waals surface area contributed by atoms with Crippen molar-refractivity contribution in [2.45, 2.75) is 31.2 Å². The maximum Gasteiger partial charge on any atom is 0.275 e. The van der Waals surface area contributed by atoms with Crippen molar-refractivity contribution in [1.29, 1.82) is 0 Å². The number of sulfonamides is 1. The van der Waals surface area contributed by atoms with Gasteiger partial charge in [-0.15, -0.1) is 12.4 Å². The van der Waals surface area contributed by atoms with Crippen LogP contribution in [0.25, 0.3) is 0 Å². The first-order valence-electron chi connectivity index (χ1n) is 5.69. The quantitative estimate of drug-likeness (QED) is 0.617. The lowest BCUT2D eigenvalue weighted by atomic mass is 10.1. The first-order valence-corrected chi connectivity index (χ1v) is 7.55. The van der Waals surface area contributed by atoms with E-state index in [-0.39, 0.29) is 40.1 Å². The van der Waals surface area contributed by atoms with E-state index in [4.69, 9.17) is 17.3 Å². The Balaban J connectivity index is 0.00000400. The van der Waals surface area contributed by atoms with Crippen LogP contribution in [0.1, 0.15) is 19.4 Å². The van der Waals surface area contributed by atoms with Gasteiger partial charge >= 0.3 is 0 Å². The van der Waals surface area contributed by atoms with Crippen LogP contribution in [0.4, 0.5) is 5.69 Å². The average Bonchev–Trinajstić information content (AvgIpc) is 2.30. The van der Waals surface area contributed by atoms with E-state index in [9.17, 15) is 18.5 Å². The van der Waals surface area contributed by atoms with E-state index in [0.29, 0.717) is 0 Å². The molecule has 0 aliphatic heterocycles. The highest BCUT2D eigenvalue weighted by Crippen LogP contribution is 2.29. The summed E-state index contributed by atoms with van der Waals surface area (Å²) in [5.41, 5.74) is 4.46. The topological polar surface area (TPSA) is 115 Å². The summed E-state index contributed by atoms with van der Waals surface area (Å²) in [4.78, 5) is 9.97. The molecule has 3 N–H and O–H groups in total. The smallest absolute Gasteiger partial charge is 0.275 e. The van der Waals surface area contributed by atoms with Gasteiger partial charge in [-0.05, 0) is 26.8 Å². The minimum Gasteiger partial charge on any atom is -0.329 e. The second kappa shape index (κ2) is 6.89. The van der Waals surface area contributed by atoms with E-state index in [0.717, 1.165) is 6.07 Å². The molecule has 0 aliphatic rings. The number of nitrogens with two attached hydrogens (primary N) is 1. The first kappa shape index (κ1) is 20.1. The molecule has 0 fully saturated rings. The first-order chi connectivity index (χ1) is 9.00. The van der Waals surface area contributed by atoms with Gasteiger partial charge in [-0.3, -0.25) is 10.1 Å².